The molecular formula is C20H24ClF2N3O4. The second-order valence-corrected chi connectivity index (χ2v) is 7.25. The van der Waals surface area contributed by atoms with Gasteiger partial charge in [-0.05, 0) is 32.4 Å². The van der Waals surface area contributed by atoms with Crippen molar-refractivity contribution in [1.29, 1.82) is 0 Å². The molecule has 0 bridgehead atoms. The summed E-state index contributed by atoms with van der Waals surface area (Å²) in [5.74, 6) is -1.49. The molecule has 1 amide bonds. The van der Waals surface area contributed by atoms with Gasteiger partial charge in [0, 0.05) is 37.1 Å². The highest BCUT2D eigenvalue weighted by atomic mass is 35.5. The molecule has 0 unspecified atom stereocenters. The number of halogens is 3. The average Bonchev–Trinajstić information content (AvgIpc) is 2.68. The van der Waals surface area contributed by atoms with Crippen LogP contribution in [0.25, 0.3) is 0 Å². The van der Waals surface area contributed by atoms with Gasteiger partial charge >= 0.3 is 0 Å². The highest BCUT2D eigenvalue weighted by Gasteiger charge is 2.19. The Hall–Kier alpha value is -2.52. The third-order valence-electron chi connectivity index (χ3n) is 4.24. The third-order valence-corrected chi connectivity index (χ3v) is 4.56. The van der Waals surface area contributed by atoms with Crippen LogP contribution in [-0.4, -0.2) is 33.7 Å². The molecule has 1 heterocycles. The SMILES string of the molecule is CC(C)n1c(CCCC(=O)NCCO)nc(OCc2ccc(F)cc2F)c(Cl)c1=O. The number of hydrogen-bond donors (Lipinski definition) is 2. The number of aliphatic hydroxyl groups excluding tert-OH is 1. The lowest BCUT2D eigenvalue weighted by molar-refractivity contribution is -0.121. The fourth-order valence-corrected chi connectivity index (χ4v) is 3.00. The van der Waals surface area contributed by atoms with Gasteiger partial charge in [-0.25, -0.2) is 8.78 Å². The first-order chi connectivity index (χ1) is 14.2. The van der Waals surface area contributed by atoms with Crippen LogP contribution in [0.4, 0.5) is 8.78 Å². The van der Waals surface area contributed by atoms with E-state index in [1.165, 1.54) is 10.6 Å². The largest absolute Gasteiger partial charge is 0.471 e. The van der Waals surface area contributed by atoms with E-state index in [-0.39, 0.29) is 54.6 Å². The van der Waals surface area contributed by atoms with Gasteiger partial charge in [-0.2, -0.15) is 4.98 Å². The summed E-state index contributed by atoms with van der Waals surface area (Å²) < 4.78 is 33.7. The lowest BCUT2D eigenvalue weighted by Gasteiger charge is -2.18. The van der Waals surface area contributed by atoms with Gasteiger partial charge in [0.25, 0.3) is 5.56 Å². The Kier molecular flexibility index (Phi) is 8.73. The summed E-state index contributed by atoms with van der Waals surface area (Å²) in [5.41, 5.74) is -0.416. The molecule has 10 heteroatoms. The monoisotopic (exact) mass is 443 g/mol. The van der Waals surface area contributed by atoms with Gasteiger partial charge in [0.05, 0.1) is 6.61 Å². The first-order valence-corrected chi connectivity index (χ1v) is 9.87. The molecule has 0 fully saturated rings. The zero-order valence-corrected chi connectivity index (χ0v) is 17.5. The molecule has 0 atom stereocenters. The molecule has 2 N–H and O–H groups in total. The van der Waals surface area contributed by atoms with Gasteiger partial charge < -0.3 is 15.2 Å². The predicted molar refractivity (Wildman–Crippen MR) is 108 cm³/mol. The first-order valence-electron chi connectivity index (χ1n) is 9.49. The Bertz CT molecular complexity index is 950. The Labute approximate surface area is 177 Å². The molecule has 7 nitrogen and oxygen atoms in total. The van der Waals surface area contributed by atoms with Crippen molar-refractivity contribution in [3.63, 3.8) is 0 Å². The van der Waals surface area contributed by atoms with Crippen LogP contribution >= 0.6 is 11.6 Å². The maximum atomic E-state index is 13.8. The summed E-state index contributed by atoms with van der Waals surface area (Å²) >= 11 is 6.12. The van der Waals surface area contributed by atoms with Crippen molar-refractivity contribution >= 4 is 17.5 Å². The lowest BCUT2D eigenvalue weighted by atomic mass is 10.2. The van der Waals surface area contributed by atoms with Gasteiger partial charge in [-0.3, -0.25) is 14.2 Å². The van der Waals surface area contributed by atoms with Crippen molar-refractivity contribution in [3.8, 4) is 5.88 Å². The molecule has 0 radical (unpaired) electrons. The molecule has 0 saturated carbocycles. The van der Waals surface area contributed by atoms with Gasteiger partial charge in [0.15, 0.2) is 5.02 Å². The van der Waals surface area contributed by atoms with Crippen molar-refractivity contribution in [2.45, 2.75) is 45.8 Å². The van der Waals surface area contributed by atoms with Crippen LogP contribution in [0.15, 0.2) is 23.0 Å². The van der Waals surface area contributed by atoms with Crippen LogP contribution in [0.1, 0.15) is 44.1 Å². The summed E-state index contributed by atoms with van der Waals surface area (Å²) in [5, 5.41) is 11.0. The number of aromatic nitrogens is 2. The average molecular weight is 444 g/mol. The number of benzene rings is 1. The number of ether oxygens (including phenoxy) is 1. The molecule has 30 heavy (non-hydrogen) atoms. The van der Waals surface area contributed by atoms with Gasteiger partial charge in [0.2, 0.25) is 11.8 Å². The number of carbonyl (C=O) groups excluding carboxylic acids is 1. The fraction of sp³-hybridized carbons (Fsp3) is 0.450. The second kappa shape index (κ2) is 11.0. The van der Waals surface area contributed by atoms with E-state index in [0.29, 0.717) is 18.7 Å². The van der Waals surface area contributed by atoms with Crippen molar-refractivity contribution < 1.29 is 23.4 Å². The Morgan fingerprint density at radius 3 is 2.73 bits per heavy atom. The van der Waals surface area contributed by atoms with Crippen LogP contribution in [0, 0.1) is 11.6 Å². The van der Waals surface area contributed by atoms with E-state index < -0.39 is 17.2 Å². The Morgan fingerprint density at radius 2 is 2.10 bits per heavy atom. The van der Waals surface area contributed by atoms with E-state index in [1.54, 1.807) is 13.8 Å². The quantitative estimate of drug-likeness (QED) is 0.589. The van der Waals surface area contributed by atoms with Crippen LogP contribution < -0.4 is 15.6 Å². The molecule has 1 aromatic heterocycles. The number of rotatable bonds is 10. The molecular weight excluding hydrogens is 420 g/mol. The number of nitrogens with one attached hydrogen (secondary N) is 1. The van der Waals surface area contributed by atoms with Crippen LogP contribution in [0.5, 0.6) is 5.88 Å². The minimum atomic E-state index is -0.782. The summed E-state index contributed by atoms with van der Waals surface area (Å²) in [4.78, 5) is 28.7. The molecule has 2 aromatic rings. The molecule has 0 aliphatic heterocycles. The number of nitrogens with zero attached hydrogens (tertiary/aromatic N) is 2. The first kappa shape index (κ1) is 23.8. The molecule has 2 rings (SSSR count). The van der Waals surface area contributed by atoms with E-state index in [0.717, 1.165) is 12.1 Å². The number of hydrogen-bond acceptors (Lipinski definition) is 5. The molecule has 0 saturated heterocycles. The highest BCUT2D eigenvalue weighted by molar-refractivity contribution is 6.31. The third kappa shape index (κ3) is 6.24. The Balaban J connectivity index is 2.20. The molecule has 1 aromatic carbocycles. The van der Waals surface area contributed by atoms with E-state index in [2.05, 4.69) is 10.3 Å². The van der Waals surface area contributed by atoms with E-state index in [4.69, 9.17) is 21.4 Å². The second-order valence-electron chi connectivity index (χ2n) is 6.87. The minimum absolute atomic E-state index is 0.0874. The van der Waals surface area contributed by atoms with Crippen molar-refractivity contribution in [2.24, 2.45) is 0 Å². The van der Waals surface area contributed by atoms with Crippen molar-refractivity contribution in [3.05, 3.63) is 56.6 Å². The molecule has 0 aliphatic rings. The summed E-state index contributed by atoms with van der Waals surface area (Å²) in [6, 6.07) is 2.84. The molecule has 0 aliphatic carbocycles. The molecule has 0 spiro atoms. The summed E-state index contributed by atoms with van der Waals surface area (Å²) in [6.45, 7) is 3.34. The number of aryl methyl sites for hydroxylation is 1. The maximum absolute atomic E-state index is 13.8. The summed E-state index contributed by atoms with van der Waals surface area (Å²) in [7, 11) is 0. The molecule has 164 valence electrons. The number of aliphatic hydroxyl groups is 1. The fourth-order valence-electron chi connectivity index (χ4n) is 2.81. The van der Waals surface area contributed by atoms with Crippen molar-refractivity contribution in [1.82, 2.24) is 14.9 Å². The van der Waals surface area contributed by atoms with Gasteiger partial charge in [-0.15, -0.1) is 0 Å². The standard InChI is InChI=1S/C20H24ClF2N3O4/c1-12(2)26-16(4-3-5-17(28)24-8-9-27)25-19(18(21)20(26)29)30-11-13-6-7-14(22)10-15(13)23/h6-7,10,12,27H,3-5,8-9,11H2,1-2H3,(H,24,28). The highest BCUT2D eigenvalue weighted by Crippen LogP contribution is 2.22. The van der Waals surface area contributed by atoms with Crippen LogP contribution in [-0.2, 0) is 17.8 Å². The number of carbonyl (C=O) groups is 1. The van der Waals surface area contributed by atoms with E-state index in [9.17, 15) is 18.4 Å². The predicted octanol–water partition coefficient (Wildman–Crippen LogP) is 2.77. The Morgan fingerprint density at radius 1 is 1.37 bits per heavy atom. The van der Waals surface area contributed by atoms with E-state index >= 15 is 0 Å². The maximum Gasteiger partial charge on any atom is 0.276 e. The van der Waals surface area contributed by atoms with Gasteiger partial charge in [0.1, 0.15) is 24.1 Å². The van der Waals surface area contributed by atoms with Crippen LogP contribution in [0.3, 0.4) is 0 Å². The number of amides is 1. The topological polar surface area (TPSA) is 93.5 Å². The zero-order valence-electron chi connectivity index (χ0n) is 16.8. The normalized spacial score (nSPS) is 11.0. The summed E-state index contributed by atoms with van der Waals surface area (Å²) in [6.07, 6.45) is 0.899. The minimum Gasteiger partial charge on any atom is -0.471 e. The van der Waals surface area contributed by atoms with Crippen LogP contribution in [0.2, 0.25) is 5.02 Å². The van der Waals surface area contributed by atoms with Crippen molar-refractivity contribution in [2.75, 3.05) is 13.2 Å². The van der Waals surface area contributed by atoms with Gasteiger partial charge in [-0.1, -0.05) is 11.6 Å². The van der Waals surface area contributed by atoms with E-state index in [1.807, 2.05) is 0 Å². The smallest absolute Gasteiger partial charge is 0.276 e. The zero-order chi connectivity index (χ0) is 22.3. The lowest BCUT2D eigenvalue weighted by Crippen LogP contribution is -2.29.